The number of hydrogen-bond acceptors (Lipinski definition) is 6. The molecule has 3 aromatic rings. The number of hydrogen-bond donors (Lipinski definition) is 1. The fourth-order valence-corrected chi connectivity index (χ4v) is 6.19. The number of esters is 1. The molecule has 1 aromatic heterocycles. The number of carbonyl (C=O) groups is 2. The number of nitrogens with zero attached hydrogens (tertiary/aromatic N) is 1. The second kappa shape index (κ2) is 8.78. The Labute approximate surface area is 184 Å². The van der Waals surface area contributed by atoms with Crippen LogP contribution in [0.3, 0.4) is 0 Å². The number of thiophene rings is 1. The number of methoxy groups -OCH3 is 1. The lowest BCUT2D eigenvalue weighted by Gasteiger charge is -2.31. The topological polar surface area (TPSA) is 92.8 Å². The fraction of sp³-hybridized carbons (Fsp3) is 0.273. The van der Waals surface area contributed by atoms with Crippen LogP contribution in [-0.4, -0.2) is 44.8 Å². The van der Waals surface area contributed by atoms with Gasteiger partial charge in [-0.2, -0.15) is 4.31 Å². The zero-order valence-electron chi connectivity index (χ0n) is 16.9. The van der Waals surface area contributed by atoms with Gasteiger partial charge in [-0.15, -0.1) is 11.3 Å². The molecular formula is C22H22N2O5S2. The van der Waals surface area contributed by atoms with Gasteiger partial charge in [-0.25, -0.2) is 13.2 Å². The van der Waals surface area contributed by atoms with E-state index in [0.717, 1.165) is 10.1 Å². The van der Waals surface area contributed by atoms with E-state index in [1.165, 1.54) is 22.8 Å². The number of piperidine rings is 1. The summed E-state index contributed by atoms with van der Waals surface area (Å²) in [5.74, 6) is -1.04. The highest BCUT2D eigenvalue weighted by Crippen LogP contribution is 2.30. The molecule has 0 saturated carbocycles. The molecule has 1 unspecified atom stereocenters. The van der Waals surface area contributed by atoms with Crippen LogP contribution < -0.4 is 5.32 Å². The van der Waals surface area contributed by atoms with E-state index in [1.807, 2.05) is 6.07 Å². The Bertz CT molecular complexity index is 1220. The highest BCUT2D eigenvalue weighted by atomic mass is 32.2. The third kappa shape index (κ3) is 4.48. The van der Waals surface area contributed by atoms with Crippen molar-refractivity contribution in [1.29, 1.82) is 0 Å². The van der Waals surface area contributed by atoms with Crippen LogP contribution in [-0.2, 0) is 19.6 Å². The van der Waals surface area contributed by atoms with Crippen molar-refractivity contribution in [3.63, 3.8) is 0 Å². The standard InChI is InChI=1S/C22H22N2O5S2/c1-29-22(26)20-13-16-12-17(9-10-19(16)30-20)23-21(25)15-6-5-11-24(14-15)31(27,28)18-7-3-2-4-8-18/h2-4,7-10,12-13,15H,5-6,11,14H2,1H3,(H,23,25). The fourth-order valence-electron chi connectivity index (χ4n) is 3.68. The number of benzene rings is 2. The molecule has 1 N–H and O–H groups in total. The second-order valence-electron chi connectivity index (χ2n) is 7.36. The van der Waals surface area contributed by atoms with Crippen molar-refractivity contribution in [1.82, 2.24) is 4.31 Å². The lowest BCUT2D eigenvalue weighted by Crippen LogP contribution is -2.43. The van der Waals surface area contributed by atoms with E-state index in [-0.39, 0.29) is 17.3 Å². The van der Waals surface area contributed by atoms with Crippen LogP contribution in [0.15, 0.2) is 59.5 Å². The van der Waals surface area contributed by atoms with E-state index in [9.17, 15) is 18.0 Å². The molecule has 9 heteroatoms. The second-order valence-corrected chi connectivity index (χ2v) is 10.4. The Balaban J connectivity index is 1.47. The number of rotatable bonds is 5. The molecule has 2 aromatic carbocycles. The van der Waals surface area contributed by atoms with Crippen molar-refractivity contribution in [2.45, 2.75) is 17.7 Å². The maximum atomic E-state index is 12.9. The molecule has 7 nitrogen and oxygen atoms in total. The van der Waals surface area contributed by atoms with Crippen LogP contribution >= 0.6 is 11.3 Å². The molecule has 1 aliphatic rings. The van der Waals surface area contributed by atoms with Crippen molar-refractivity contribution < 1.29 is 22.7 Å². The smallest absolute Gasteiger partial charge is 0.348 e. The molecule has 1 atom stereocenters. The van der Waals surface area contributed by atoms with Gasteiger partial charge in [0.05, 0.1) is 17.9 Å². The Hall–Kier alpha value is -2.75. The van der Waals surface area contributed by atoms with E-state index >= 15 is 0 Å². The molecule has 2 heterocycles. The zero-order chi connectivity index (χ0) is 22.0. The molecule has 1 saturated heterocycles. The van der Waals surface area contributed by atoms with E-state index in [1.54, 1.807) is 48.5 Å². The van der Waals surface area contributed by atoms with Crippen LogP contribution in [0.2, 0.25) is 0 Å². The summed E-state index contributed by atoms with van der Waals surface area (Å²) in [6.07, 6.45) is 1.25. The summed E-state index contributed by atoms with van der Waals surface area (Å²) < 4.78 is 32.9. The Morgan fingerprint density at radius 3 is 2.65 bits per heavy atom. The average molecular weight is 459 g/mol. The summed E-state index contributed by atoms with van der Waals surface area (Å²) in [4.78, 5) is 25.3. The Morgan fingerprint density at radius 2 is 1.90 bits per heavy atom. The van der Waals surface area contributed by atoms with Gasteiger partial charge in [0.25, 0.3) is 0 Å². The zero-order valence-corrected chi connectivity index (χ0v) is 18.5. The largest absolute Gasteiger partial charge is 0.465 e. The van der Waals surface area contributed by atoms with Crippen molar-refractivity contribution >= 4 is 49.0 Å². The molecule has 1 amide bonds. The van der Waals surface area contributed by atoms with Crippen molar-refractivity contribution in [3.8, 4) is 0 Å². The summed E-state index contributed by atoms with van der Waals surface area (Å²) in [7, 11) is -2.29. The van der Waals surface area contributed by atoms with E-state index < -0.39 is 21.9 Å². The van der Waals surface area contributed by atoms with Gasteiger partial charge in [-0.3, -0.25) is 4.79 Å². The predicted octanol–water partition coefficient (Wildman–Crippen LogP) is 3.73. The molecule has 1 aliphatic heterocycles. The summed E-state index contributed by atoms with van der Waals surface area (Å²) in [5, 5.41) is 3.73. The van der Waals surface area contributed by atoms with Crippen LogP contribution in [0.25, 0.3) is 10.1 Å². The molecule has 1 fully saturated rings. The number of ether oxygens (including phenoxy) is 1. The molecule has 0 aliphatic carbocycles. The van der Waals surface area contributed by atoms with E-state index in [0.29, 0.717) is 30.0 Å². The minimum Gasteiger partial charge on any atom is -0.465 e. The first-order chi connectivity index (χ1) is 14.9. The molecule has 4 rings (SSSR count). The molecule has 0 spiro atoms. The minimum absolute atomic E-state index is 0.149. The number of fused-ring (bicyclic) bond motifs is 1. The molecular weight excluding hydrogens is 436 g/mol. The summed E-state index contributed by atoms with van der Waals surface area (Å²) in [6.45, 7) is 0.550. The first-order valence-electron chi connectivity index (χ1n) is 9.86. The van der Waals surface area contributed by atoms with E-state index in [4.69, 9.17) is 4.74 Å². The van der Waals surface area contributed by atoms with Gasteiger partial charge in [0.15, 0.2) is 0 Å². The highest BCUT2D eigenvalue weighted by molar-refractivity contribution is 7.89. The molecule has 0 bridgehead atoms. The number of anilines is 1. The molecule has 162 valence electrons. The Morgan fingerprint density at radius 1 is 1.13 bits per heavy atom. The molecule has 31 heavy (non-hydrogen) atoms. The van der Waals surface area contributed by atoms with Gasteiger partial charge in [-0.05, 0) is 54.6 Å². The first kappa shape index (κ1) is 21.5. The molecule has 0 radical (unpaired) electrons. The van der Waals surface area contributed by atoms with Crippen LogP contribution in [0, 0.1) is 5.92 Å². The number of nitrogens with one attached hydrogen (secondary N) is 1. The maximum Gasteiger partial charge on any atom is 0.348 e. The van der Waals surface area contributed by atoms with Gasteiger partial charge >= 0.3 is 5.97 Å². The van der Waals surface area contributed by atoms with Crippen molar-refractivity contribution in [2.75, 3.05) is 25.5 Å². The lowest BCUT2D eigenvalue weighted by atomic mass is 9.98. The number of carbonyl (C=O) groups excluding carboxylic acids is 2. The quantitative estimate of drug-likeness (QED) is 0.588. The van der Waals surface area contributed by atoms with Crippen molar-refractivity contribution in [3.05, 3.63) is 59.5 Å². The third-order valence-corrected chi connectivity index (χ3v) is 8.28. The summed E-state index contributed by atoms with van der Waals surface area (Å²) in [6, 6.07) is 15.4. The van der Waals surface area contributed by atoms with Gasteiger partial charge < -0.3 is 10.1 Å². The van der Waals surface area contributed by atoms with Crippen molar-refractivity contribution in [2.24, 2.45) is 5.92 Å². The predicted molar refractivity (Wildman–Crippen MR) is 120 cm³/mol. The van der Waals surface area contributed by atoms with E-state index in [2.05, 4.69) is 5.32 Å². The highest BCUT2D eigenvalue weighted by Gasteiger charge is 2.33. The minimum atomic E-state index is -3.63. The van der Waals surface area contributed by atoms with Crippen LogP contribution in [0.4, 0.5) is 5.69 Å². The average Bonchev–Trinajstić information content (AvgIpc) is 3.22. The SMILES string of the molecule is COC(=O)c1cc2cc(NC(=O)C3CCCN(S(=O)(=O)c4ccccc4)C3)ccc2s1. The summed E-state index contributed by atoms with van der Waals surface area (Å²) in [5.41, 5.74) is 0.606. The van der Waals surface area contributed by atoms with Crippen LogP contribution in [0.5, 0.6) is 0 Å². The van der Waals surface area contributed by atoms with Gasteiger partial charge in [0, 0.05) is 23.5 Å². The maximum absolute atomic E-state index is 12.9. The lowest BCUT2D eigenvalue weighted by molar-refractivity contribution is -0.120. The third-order valence-electron chi connectivity index (χ3n) is 5.31. The van der Waals surface area contributed by atoms with Gasteiger partial charge in [0.2, 0.25) is 15.9 Å². The first-order valence-corrected chi connectivity index (χ1v) is 12.1. The van der Waals surface area contributed by atoms with Gasteiger partial charge in [-0.1, -0.05) is 18.2 Å². The monoisotopic (exact) mass is 458 g/mol. The Kier molecular flexibility index (Phi) is 6.08. The van der Waals surface area contributed by atoms with Crippen LogP contribution in [0.1, 0.15) is 22.5 Å². The number of sulfonamides is 1. The van der Waals surface area contributed by atoms with Gasteiger partial charge in [0.1, 0.15) is 4.88 Å². The number of amides is 1. The summed E-state index contributed by atoms with van der Waals surface area (Å²) >= 11 is 1.33. The normalized spacial score (nSPS) is 17.4.